The van der Waals surface area contributed by atoms with Crippen molar-refractivity contribution in [3.63, 3.8) is 0 Å². The van der Waals surface area contributed by atoms with E-state index < -0.39 is 17.6 Å². The summed E-state index contributed by atoms with van der Waals surface area (Å²) in [4.78, 5) is 23.6. The third-order valence-corrected chi connectivity index (χ3v) is 2.44. The predicted molar refractivity (Wildman–Crippen MR) is 77.3 cm³/mol. The van der Waals surface area contributed by atoms with Crippen molar-refractivity contribution in [1.29, 1.82) is 0 Å². The number of aryl methyl sites for hydroxylation is 1. The second kappa shape index (κ2) is 8.27. The molecule has 0 atom stereocenters. The molecule has 0 aliphatic carbocycles. The van der Waals surface area contributed by atoms with E-state index in [1.807, 2.05) is 26.2 Å². The number of nitrogens with one attached hydrogen (secondary N) is 2. The van der Waals surface area contributed by atoms with E-state index in [4.69, 9.17) is 10.6 Å². The average Bonchev–Trinajstić information content (AvgIpc) is 2.83. The number of nitrogens with two attached hydrogens (primary N) is 1. The normalized spacial score (nSPS) is 11.1. The molecule has 0 aromatic carbocycles. The van der Waals surface area contributed by atoms with Crippen molar-refractivity contribution in [3.05, 3.63) is 5.82 Å². The number of nitrogens with zero attached hydrogens (tertiary/aromatic N) is 4. The molecule has 124 valence electrons. The maximum atomic E-state index is 11.4. The Kier molecular flexibility index (Phi) is 6.70. The van der Waals surface area contributed by atoms with Crippen molar-refractivity contribution in [2.24, 2.45) is 5.84 Å². The number of amides is 2. The largest absolute Gasteiger partial charge is 0.444 e. The molecule has 0 spiro atoms. The SMILES string of the molecule is CC(C)(C)OC(=O)NCCCCc1nnn(CC(=O)NN)n1. The minimum absolute atomic E-state index is 0.0658. The van der Waals surface area contributed by atoms with Gasteiger partial charge in [-0.3, -0.25) is 10.2 Å². The molecular weight excluding hydrogens is 290 g/mol. The number of hydrogen-bond donors (Lipinski definition) is 3. The quantitative estimate of drug-likeness (QED) is 0.267. The summed E-state index contributed by atoms with van der Waals surface area (Å²) in [6.07, 6.45) is 1.73. The number of hydrogen-bond acceptors (Lipinski definition) is 7. The highest BCUT2D eigenvalue weighted by Gasteiger charge is 2.15. The molecule has 1 rings (SSSR count). The van der Waals surface area contributed by atoms with E-state index in [9.17, 15) is 9.59 Å². The van der Waals surface area contributed by atoms with Crippen LogP contribution < -0.4 is 16.6 Å². The van der Waals surface area contributed by atoms with Crippen LogP contribution in [0.2, 0.25) is 0 Å². The molecule has 0 bridgehead atoms. The molecule has 1 aromatic heterocycles. The first kappa shape index (κ1) is 17.8. The van der Waals surface area contributed by atoms with Crippen molar-refractivity contribution in [1.82, 2.24) is 30.9 Å². The monoisotopic (exact) mass is 313 g/mol. The zero-order chi connectivity index (χ0) is 16.6. The molecule has 1 aromatic rings. The van der Waals surface area contributed by atoms with Gasteiger partial charge in [0.15, 0.2) is 5.82 Å². The van der Waals surface area contributed by atoms with Gasteiger partial charge in [0.25, 0.3) is 5.91 Å². The number of tetrazole rings is 1. The van der Waals surface area contributed by atoms with Crippen LogP contribution in [0.15, 0.2) is 0 Å². The van der Waals surface area contributed by atoms with Crippen LogP contribution in [0.3, 0.4) is 0 Å². The molecule has 0 saturated heterocycles. The highest BCUT2D eigenvalue weighted by Crippen LogP contribution is 2.06. The van der Waals surface area contributed by atoms with Crippen LogP contribution in [0.1, 0.15) is 39.4 Å². The van der Waals surface area contributed by atoms with Gasteiger partial charge < -0.3 is 10.1 Å². The zero-order valence-electron chi connectivity index (χ0n) is 13.1. The summed E-state index contributed by atoms with van der Waals surface area (Å²) >= 11 is 0. The second-order valence-electron chi connectivity index (χ2n) is 5.69. The summed E-state index contributed by atoms with van der Waals surface area (Å²) in [5.74, 6) is 5.12. The lowest BCUT2D eigenvalue weighted by Crippen LogP contribution is -2.33. The van der Waals surface area contributed by atoms with Crippen molar-refractivity contribution in [2.75, 3.05) is 6.54 Å². The van der Waals surface area contributed by atoms with Crippen LogP contribution in [0.4, 0.5) is 4.79 Å². The standard InChI is InChI=1S/C12H23N7O3/c1-12(2,3)22-11(21)14-7-5-4-6-9-16-18-19(17-9)8-10(20)15-13/h4-8,13H2,1-3H3,(H,14,21)(H,15,20). The van der Waals surface area contributed by atoms with Gasteiger partial charge in [0, 0.05) is 13.0 Å². The topological polar surface area (TPSA) is 137 Å². The van der Waals surface area contributed by atoms with Crippen LogP contribution in [0.5, 0.6) is 0 Å². The van der Waals surface area contributed by atoms with Crippen LogP contribution in [-0.2, 0) is 22.5 Å². The predicted octanol–water partition coefficient (Wildman–Crippen LogP) is -0.490. The van der Waals surface area contributed by atoms with E-state index in [2.05, 4.69) is 20.7 Å². The van der Waals surface area contributed by atoms with E-state index in [1.165, 1.54) is 4.80 Å². The molecule has 0 aliphatic rings. The summed E-state index contributed by atoms with van der Waals surface area (Å²) in [7, 11) is 0. The van der Waals surface area contributed by atoms with Gasteiger partial charge >= 0.3 is 6.09 Å². The third kappa shape index (κ3) is 7.53. The van der Waals surface area contributed by atoms with Gasteiger partial charge in [-0.1, -0.05) is 0 Å². The van der Waals surface area contributed by atoms with Crippen LogP contribution >= 0.6 is 0 Å². The fraction of sp³-hybridized carbons (Fsp3) is 0.750. The van der Waals surface area contributed by atoms with Crippen LogP contribution in [-0.4, -0.2) is 44.4 Å². The minimum Gasteiger partial charge on any atom is -0.444 e. The van der Waals surface area contributed by atoms with E-state index >= 15 is 0 Å². The summed E-state index contributed by atoms with van der Waals surface area (Å²) in [6, 6.07) is 0. The molecule has 4 N–H and O–H groups in total. The summed E-state index contributed by atoms with van der Waals surface area (Å²) < 4.78 is 5.12. The molecule has 22 heavy (non-hydrogen) atoms. The average molecular weight is 313 g/mol. The fourth-order valence-electron chi connectivity index (χ4n) is 1.53. The van der Waals surface area contributed by atoms with Gasteiger partial charge in [-0.25, -0.2) is 10.6 Å². The van der Waals surface area contributed by atoms with E-state index in [0.29, 0.717) is 18.8 Å². The molecular formula is C12H23N7O3. The number of carbonyl (C=O) groups excluding carboxylic acids is 2. The molecule has 10 nitrogen and oxygen atoms in total. The van der Waals surface area contributed by atoms with Crippen LogP contribution in [0, 0.1) is 0 Å². The molecule has 2 amide bonds. The lowest BCUT2D eigenvalue weighted by molar-refractivity contribution is -0.122. The number of rotatable bonds is 7. The number of unbranched alkanes of at least 4 members (excludes halogenated alkanes) is 1. The molecule has 0 radical (unpaired) electrons. The Morgan fingerprint density at radius 1 is 1.32 bits per heavy atom. The fourth-order valence-corrected chi connectivity index (χ4v) is 1.53. The Hall–Kier alpha value is -2.23. The van der Waals surface area contributed by atoms with Gasteiger partial charge in [0.1, 0.15) is 12.1 Å². The Balaban J connectivity index is 2.17. The van der Waals surface area contributed by atoms with Gasteiger partial charge in [-0.05, 0) is 38.8 Å². The Morgan fingerprint density at radius 2 is 2.05 bits per heavy atom. The first-order chi connectivity index (χ1) is 10.3. The van der Waals surface area contributed by atoms with Crippen molar-refractivity contribution in [3.8, 4) is 0 Å². The number of carbonyl (C=O) groups is 2. The maximum Gasteiger partial charge on any atom is 0.407 e. The van der Waals surface area contributed by atoms with E-state index in [-0.39, 0.29) is 6.54 Å². The van der Waals surface area contributed by atoms with Crippen molar-refractivity contribution < 1.29 is 14.3 Å². The molecule has 0 unspecified atom stereocenters. The number of hydrazine groups is 1. The van der Waals surface area contributed by atoms with Gasteiger partial charge in [-0.2, -0.15) is 4.80 Å². The number of aromatic nitrogens is 4. The smallest absolute Gasteiger partial charge is 0.407 e. The van der Waals surface area contributed by atoms with Crippen molar-refractivity contribution >= 4 is 12.0 Å². The highest BCUT2D eigenvalue weighted by atomic mass is 16.6. The Bertz CT molecular complexity index is 495. The molecule has 1 heterocycles. The maximum absolute atomic E-state index is 11.4. The first-order valence-corrected chi connectivity index (χ1v) is 7.03. The summed E-state index contributed by atoms with van der Waals surface area (Å²) in [5, 5.41) is 14.3. The second-order valence-corrected chi connectivity index (χ2v) is 5.69. The lowest BCUT2D eigenvalue weighted by Gasteiger charge is -2.19. The van der Waals surface area contributed by atoms with E-state index in [0.717, 1.165) is 12.8 Å². The molecule has 0 saturated carbocycles. The van der Waals surface area contributed by atoms with Crippen molar-refractivity contribution in [2.45, 2.75) is 52.2 Å². The molecule has 10 heteroatoms. The lowest BCUT2D eigenvalue weighted by atomic mass is 10.2. The number of ether oxygens (including phenoxy) is 1. The number of alkyl carbamates (subject to hydrolysis) is 1. The first-order valence-electron chi connectivity index (χ1n) is 7.03. The van der Waals surface area contributed by atoms with Gasteiger partial charge in [0.2, 0.25) is 0 Å². The third-order valence-electron chi connectivity index (χ3n) is 2.44. The summed E-state index contributed by atoms with van der Waals surface area (Å²) in [6.45, 7) is 5.88. The highest BCUT2D eigenvalue weighted by molar-refractivity contribution is 5.74. The van der Waals surface area contributed by atoms with Gasteiger partial charge in [-0.15, -0.1) is 10.2 Å². The Labute approximate surface area is 128 Å². The van der Waals surface area contributed by atoms with Crippen LogP contribution in [0.25, 0.3) is 0 Å². The van der Waals surface area contributed by atoms with E-state index in [1.54, 1.807) is 0 Å². The van der Waals surface area contributed by atoms with Gasteiger partial charge in [0.05, 0.1) is 0 Å². The zero-order valence-corrected chi connectivity index (χ0v) is 13.1. The Morgan fingerprint density at radius 3 is 2.68 bits per heavy atom. The molecule has 0 fully saturated rings. The molecule has 0 aliphatic heterocycles. The minimum atomic E-state index is -0.498. The summed E-state index contributed by atoms with van der Waals surface area (Å²) in [5.41, 5.74) is 1.49.